The van der Waals surface area contributed by atoms with Crippen molar-refractivity contribution in [2.45, 2.75) is 19.9 Å². The summed E-state index contributed by atoms with van der Waals surface area (Å²) in [5, 5.41) is 15.8. The number of carbonyl (C=O) groups is 1. The van der Waals surface area contributed by atoms with Gasteiger partial charge >= 0.3 is 0 Å². The van der Waals surface area contributed by atoms with Crippen LogP contribution in [0.2, 0.25) is 0 Å². The van der Waals surface area contributed by atoms with Gasteiger partial charge in [0.15, 0.2) is 0 Å². The van der Waals surface area contributed by atoms with Crippen LogP contribution < -0.4 is 5.32 Å². The number of rotatable bonds is 4. The number of nitro benzene ring substituents is 1. The first-order valence-electron chi connectivity index (χ1n) is 6.05. The molecule has 0 aliphatic heterocycles. The second kappa shape index (κ2) is 5.96. The predicted molar refractivity (Wildman–Crippen MR) is 75.8 cm³/mol. The van der Waals surface area contributed by atoms with Gasteiger partial charge in [0.05, 0.1) is 16.5 Å². The minimum absolute atomic E-state index is 0.0521. The van der Waals surface area contributed by atoms with E-state index in [0.717, 1.165) is 12.1 Å². The van der Waals surface area contributed by atoms with Crippen LogP contribution in [0.5, 0.6) is 0 Å². The van der Waals surface area contributed by atoms with Crippen molar-refractivity contribution in [3.63, 3.8) is 0 Å². The minimum atomic E-state index is -0.760. The number of hydrogen-bond donors (Lipinski definition) is 1. The van der Waals surface area contributed by atoms with E-state index in [0.29, 0.717) is 5.01 Å². The number of halogens is 1. The molecule has 1 aromatic heterocycles. The van der Waals surface area contributed by atoms with Gasteiger partial charge in [-0.05, 0) is 19.4 Å². The van der Waals surface area contributed by atoms with Crippen LogP contribution in [0, 0.1) is 22.9 Å². The molecule has 2 aromatic rings. The van der Waals surface area contributed by atoms with Crippen LogP contribution >= 0.6 is 11.3 Å². The number of amides is 1. The SMILES string of the molecule is Cc1cc([N+](=O)[O-])cc(C(=O)NC(C)c2nccs2)c1F. The third kappa shape index (κ3) is 3.22. The maximum absolute atomic E-state index is 14.0. The van der Waals surface area contributed by atoms with Crippen molar-refractivity contribution in [1.82, 2.24) is 10.3 Å². The lowest BCUT2D eigenvalue weighted by molar-refractivity contribution is -0.385. The molecule has 0 saturated carbocycles. The quantitative estimate of drug-likeness (QED) is 0.695. The van der Waals surface area contributed by atoms with Crippen LogP contribution in [0.25, 0.3) is 0 Å². The van der Waals surface area contributed by atoms with Gasteiger partial charge in [-0.15, -0.1) is 11.3 Å². The Morgan fingerprint density at radius 1 is 1.52 bits per heavy atom. The van der Waals surface area contributed by atoms with E-state index in [1.807, 2.05) is 0 Å². The molecule has 1 amide bonds. The van der Waals surface area contributed by atoms with Crippen molar-refractivity contribution < 1.29 is 14.1 Å². The number of aryl methyl sites for hydroxylation is 1. The fourth-order valence-electron chi connectivity index (χ4n) is 1.81. The summed E-state index contributed by atoms with van der Waals surface area (Å²) in [7, 11) is 0. The highest BCUT2D eigenvalue weighted by Gasteiger charge is 2.21. The fraction of sp³-hybridized carbons (Fsp3) is 0.231. The van der Waals surface area contributed by atoms with Crippen molar-refractivity contribution in [3.05, 3.63) is 55.8 Å². The minimum Gasteiger partial charge on any atom is -0.343 e. The smallest absolute Gasteiger partial charge is 0.270 e. The van der Waals surface area contributed by atoms with Crippen LogP contribution in [0.3, 0.4) is 0 Å². The number of hydrogen-bond acceptors (Lipinski definition) is 5. The molecule has 1 heterocycles. The molecular weight excluding hydrogens is 297 g/mol. The van der Waals surface area contributed by atoms with E-state index in [1.54, 1.807) is 18.5 Å². The first-order chi connectivity index (χ1) is 9.90. The number of nitrogens with one attached hydrogen (secondary N) is 1. The Hall–Kier alpha value is -2.35. The first-order valence-corrected chi connectivity index (χ1v) is 6.93. The van der Waals surface area contributed by atoms with Gasteiger partial charge in [-0.3, -0.25) is 14.9 Å². The lowest BCUT2D eigenvalue weighted by Gasteiger charge is -2.12. The van der Waals surface area contributed by atoms with Gasteiger partial charge in [-0.2, -0.15) is 0 Å². The zero-order chi connectivity index (χ0) is 15.6. The average molecular weight is 309 g/mol. The molecule has 1 atom stereocenters. The molecule has 0 aliphatic rings. The molecule has 1 aromatic carbocycles. The second-order valence-electron chi connectivity index (χ2n) is 4.45. The highest BCUT2D eigenvalue weighted by Crippen LogP contribution is 2.22. The Labute approximate surface area is 123 Å². The van der Waals surface area contributed by atoms with Gasteiger partial charge in [-0.1, -0.05) is 0 Å². The monoisotopic (exact) mass is 309 g/mol. The Bertz CT molecular complexity index is 688. The van der Waals surface area contributed by atoms with Crippen molar-refractivity contribution in [2.24, 2.45) is 0 Å². The summed E-state index contributed by atoms with van der Waals surface area (Å²) in [6.07, 6.45) is 1.60. The third-order valence-corrected chi connectivity index (χ3v) is 3.82. The zero-order valence-electron chi connectivity index (χ0n) is 11.3. The highest BCUT2D eigenvalue weighted by molar-refractivity contribution is 7.09. The number of carbonyl (C=O) groups excluding carboxylic acids is 1. The summed E-state index contributed by atoms with van der Waals surface area (Å²) < 4.78 is 14.0. The Kier molecular flexibility index (Phi) is 4.27. The zero-order valence-corrected chi connectivity index (χ0v) is 12.1. The molecule has 1 unspecified atom stereocenters. The van der Waals surface area contributed by atoms with E-state index in [9.17, 15) is 19.3 Å². The van der Waals surface area contributed by atoms with Crippen LogP contribution in [-0.4, -0.2) is 15.8 Å². The van der Waals surface area contributed by atoms with Gasteiger partial charge < -0.3 is 5.32 Å². The fourth-order valence-corrected chi connectivity index (χ4v) is 2.45. The lowest BCUT2D eigenvalue weighted by Crippen LogP contribution is -2.27. The number of non-ortho nitro benzene ring substituents is 1. The molecule has 1 N–H and O–H groups in total. The van der Waals surface area contributed by atoms with Gasteiger partial charge in [0, 0.05) is 23.7 Å². The van der Waals surface area contributed by atoms with Gasteiger partial charge in [-0.25, -0.2) is 9.37 Å². The van der Waals surface area contributed by atoms with Crippen molar-refractivity contribution in [1.29, 1.82) is 0 Å². The van der Waals surface area contributed by atoms with Crippen molar-refractivity contribution >= 4 is 22.9 Å². The van der Waals surface area contributed by atoms with E-state index in [-0.39, 0.29) is 16.8 Å². The molecule has 2 rings (SSSR count). The van der Waals surface area contributed by atoms with Crippen LogP contribution in [-0.2, 0) is 0 Å². The Balaban J connectivity index is 2.28. The predicted octanol–water partition coefficient (Wildman–Crippen LogP) is 2.99. The maximum atomic E-state index is 14.0. The first kappa shape index (κ1) is 15.0. The third-order valence-electron chi connectivity index (χ3n) is 2.86. The molecule has 110 valence electrons. The summed E-state index contributed by atoms with van der Waals surface area (Å²) in [4.78, 5) is 26.3. The molecule has 0 fully saturated rings. The number of nitrogens with zero attached hydrogens (tertiary/aromatic N) is 2. The van der Waals surface area contributed by atoms with E-state index in [1.165, 1.54) is 18.3 Å². The molecule has 6 nitrogen and oxygen atoms in total. The largest absolute Gasteiger partial charge is 0.343 e. The number of nitro groups is 1. The maximum Gasteiger partial charge on any atom is 0.270 e. The summed E-state index contributed by atoms with van der Waals surface area (Å²) in [5.74, 6) is -1.47. The number of benzene rings is 1. The Morgan fingerprint density at radius 2 is 2.24 bits per heavy atom. The van der Waals surface area contributed by atoms with E-state index < -0.39 is 22.7 Å². The van der Waals surface area contributed by atoms with Gasteiger partial charge in [0.1, 0.15) is 10.8 Å². The lowest BCUT2D eigenvalue weighted by atomic mass is 10.1. The molecule has 0 aliphatic carbocycles. The molecule has 0 saturated heterocycles. The highest BCUT2D eigenvalue weighted by atomic mass is 32.1. The molecule has 8 heteroatoms. The van der Waals surface area contributed by atoms with Crippen molar-refractivity contribution in [3.8, 4) is 0 Å². The normalized spacial score (nSPS) is 12.0. The van der Waals surface area contributed by atoms with E-state index >= 15 is 0 Å². The molecule has 21 heavy (non-hydrogen) atoms. The van der Waals surface area contributed by atoms with E-state index in [4.69, 9.17) is 0 Å². The van der Waals surface area contributed by atoms with Crippen molar-refractivity contribution in [2.75, 3.05) is 0 Å². The summed E-state index contributed by atoms with van der Waals surface area (Å²) in [6.45, 7) is 3.09. The summed E-state index contributed by atoms with van der Waals surface area (Å²) >= 11 is 1.36. The number of thiazole rings is 1. The van der Waals surface area contributed by atoms with Crippen LogP contribution in [0.1, 0.15) is 33.9 Å². The molecule has 0 spiro atoms. The average Bonchev–Trinajstić information content (AvgIpc) is 2.95. The van der Waals surface area contributed by atoms with Crippen LogP contribution in [0.15, 0.2) is 23.7 Å². The topological polar surface area (TPSA) is 85.1 Å². The molecule has 0 bridgehead atoms. The second-order valence-corrected chi connectivity index (χ2v) is 5.37. The van der Waals surface area contributed by atoms with E-state index in [2.05, 4.69) is 10.3 Å². The number of aromatic nitrogens is 1. The standard InChI is InChI=1S/C13H12FN3O3S/c1-7-5-9(17(19)20)6-10(11(7)14)12(18)16-8(2)13-15-3-4-21-13/h3-6,8H,1-2H3,(H,16,18). The van der Waals surface area contributed by atoms with Gasteiger partial charge in [0.2, 0.25) is 0 Å². The molecular formula is C13H12FN3O3S. The van der Waals surface area contributed by atoms with Crippen LogP contribution in [0.4, 0.5) is 10.1 Å². The summed E-state index contributed by atoms with van der Waals surface area (Å²) in [5.41, 5.74) is -0.609. The van der Waals surface area contributed by atoms with Gasteiger partial charge in [0.25, 0.3) is 11.6 Å². The Morgan fingerprint density at radius 3 is 2.81 bits per heavy atom. The summed E-state index contributed by atoms with van der Waals surface area (Å²) in [6, 6.07) is 1.62. The molecule has 0 radical (unpaired) electrons.